The van der Waals surface area contributed by atoms with Crippen LogP contribution in [0.4, 0.5) is 0 Å². The van der Waals surface area contributed by atoms with Crippen LogP contribution in [0.15, 0.2) is 179 Å². The molecular formula is C43H28Br2IrN3S-. The summed E-state index contributed by atoms with van der Waals surface area (Å²) in [5, 5.41) is 6.10. The smallest absolute Gasteiger partial charge is 0.0780 e. The van der Waals surface area contributed by atoms with Crippen molar-refractivity contribution in [1.29, 1.82) is 0 Å². The van der Waals surface area contributed by atoms with E-state index in [0.717, 1.165) is 37.0 Å². The van der Waals surface area contributed by atoms with Crippen LogP contribution in [-0.4, -0.2) is 15.0 Å². The molecule has 3 nitrogen and oxygen atoms in total. The molecule has 0 aliphatic carbocycles. The number of pyridine rings is 3. The molecule has 0 amide bonds. The Morgan fingerprint density at radius 2 is 1.02 bits per heavy atom. The van der Waals surface area contributed by atoms with Crippen molar-refractivity contribution in [1.82, 2.24) is 15.0 Å². The molecule has 0 N–H and O–H groups in total. The zero-order valence-corrected chi connectivity index (χ0v) is 32.9. The topological polar surface area (TPSA) is 38.7 Å². The van der Waals surface area contributed by atoms with Gasteiger partial charge in [0.25, 0.3) is 0 Å². The van der Waals surface area contributed by atoms with E-state index in [9.17, 15) is 0 Å². The number of nitrogens with zero attached hydrogens (tertiary/aromatic N) is 3. The van der Waals surface area contributed by atoms with Gasteiger partial charge in [0.05, 0.1) is 11.4 Å². The first kappa shape index (κ1) is 35.5. The zero-order valence-electron chi connectivity index (χ0n) is 26.5. The van der Waals surface area contributed by atoms with Crippen molar-refractivity contribution in [3.05, 3.63) is 185 Å². The van der Waals surface area contributed by atoms with E-state index in [-0.39, 0.29) is 20.1 Å². The summed E-state index contributed by atoms with van der Waals surface area (Å²) >= 11 is 8.77. The number of thiophene rings is 1. The van der Waals surface area contributed by atoms with Crippen molar-refractivity contribution in [2.45, 2.75) is 0 Å². The second-order valence-corrected chi connectivity index (χ2v) is 14.0. The van der Waals surface area contributed by atoms with Crippen molar-refractivity contribution < 1.29 is 20.1 Å². The van der Waals surface area contributed by atoms with Crippen molar-refractivity contribution in [2.24, 2.45) is 0 Å². The monoisotopic (exact) mass is 969 g/mol. The van der Waals surface area contributed by atoms with Gasteiger partial charge in [-0.25, -0.2) is 0 Å². The molecule has 0 saturated heterocycles. The summed E-state index contributed by atoms with van der Waals surface area (Å²) in [6.07, 6.45) is 8.47. The molecule has 9 aromatic rings. The minimum atomic E-state index is 0. The summed E-state index contributed by atoms with van der Waals surface area (Å²) in [6.45, 7) is 0. The molecule has 1 radical (unpaired) electrons. The van der Waals surface area contributed by atoms with Gasteiger partial charge in [-0.15, -0.1) is 17.7 Å². The van der Waals surface area contributed by atoms with E-state index in [1.54, 1.807) is 17.5 Å². The van der Waals surface area contributed by atoms with Crippen LogP contribution in [-0.2, 0) is 20.1 Å². The molecule has 0 bridgehead atoms. The number of aromatic nitrogens is 3. The van der Waals surface area contributed by atoms with Crippen LogP contribution in [0.5, 0.6) is 0 Å². The maximum absolute atomic E-state index is 4.50. The van der Waals surface area contributed by atoms with Gasteiger partial charge in [0.2, 0.25) is 0 Å². The maximum atomic E-state index is 4.50. The average Bonchev–Trinajstić information content (AvgIpc) is 3.60. The first-order valence-corrected chi connectivity index (χ1v) is 18.0. The standard InChI is InChI=1S/2C15H10BrN.C13H8NS.Ir/c2*16-13-6-3-5-12(10-13)15-14-7-2-1-4-11(14)8-9-17-15;1-2-6-12-10(4-1)8-13(15-12)11-5-3-7-14-9-11;/h2*1-10H;1-8H;/q;;-1;. The third kappa shape index (κ3) is 8.50. The molecule has 5 aromatic carbocycles. The summed E-state index contributed by atoms with van der Waals surface area (Å²) in [6, 6.07) is 51.7. The molecule has 4 aromatic heterocycles. The molecule has 0 atom stereocenters. The minimum Gasteiger partial charge on any atom is -0.360 e. The third-order valence-electron chi connectivity index (χ3n) is 7.84. The number of halogens is 2. The predicted octanol–water partition coefficient (Wildman–Crippen LogP) is 13.1. The molecule has 245 valence electrons. The molecule has 4 heterocycles. The van der Waals surface area contributed by atoms with Crippen LogP contribution in [0.25, 0.3) is 64.6 Å². The normalized spacial score (nSPS) is 10.4. The van der Waals surface area contributed by atoms with E-state index in [2.05, 4.69) is 132 Å². The van der Waals surface area contributed by atoms with Gasteiger partial charge < -0.3 is 4.98 Å². The fourth-order valence-electron chi connectivity index (χ4n) is 5.55. The van der Waals surface area contributed by atoms with Gasteiger partial charge in [-0.1, -0.05) is 135 Å². The summed E-state index contributed by atoms with van der Waals surface area (Å²) in [5.41, 5.74) is 5.40. The third-order valence-corrected chi connectivity index (χ3v) is 9.98. The number of rotatable bonds is 3. The number of fused-ring (bicyclic) bond motifs is 3. The van der Waals surface area contributed by atoms with Gasteiger partial charge in [0.1, 0.15) is 0 Å². The van der Waals surface area contributed by atoms with Gasteiger partial charge >= 0.3 is 0 Å². The Kier molecular flexibility index (Phi) is 12.1. The van der Waals surface area contributed by atoms with Crippen LogP contribution in [0, 0.1) is 6.20 Å². The molecule has 0 saturated carbocycles. The van der Waals surface area contributed by atoms with Crippen LogP contribution >= 0.6 is 43.2 Å². The van der Waals surface area contributed by atoms with Gasteiger partial charge in [0.15, 0.2) is 0 Å². The molecule has 7 heteroatoms. The molecule has 0 fully saturated rings. The van der Waals surface area contributed by atoms with E-state index in [1.165, 1.54) is 36.5 Å². The van der Waals surface area contributed by atoms with Crippen molar-refractivity contribution in [3.63, 3.8) is 0 Å². The fourth-order valence-corrected chi connectivity index (χ4v) is 7.39. The minimum absolute atomic E-state index is 0. The van der Waals surface area contributed by atoms with Gasteiger partial charge in [-0.2, -0.15) is 11.3 Å². The van der Waals surface area contributed by atoms with Gasteiger partial charge in [0, 0.05) is 68.0 Å². The molecule has 50 heavy (non-hydrogen) atoms. The number of benzene rings is 5. The Balaban J connectivity index is 0.000000129. The first-order valence-electron chi connectivity index (χ1n) is 15.6. The Hall–Kier alpha value is -4.36. The molecular weight excluding hydrogens is 943 g/mol. The second kappa shape index (κ2) is 17.0. The second-order valence-electron chi connectivity index (χ2n) is 11.1. The number of hydrogen-bond acceptors (Lipinski definition) is 4. The SMILES string of the molecule is Brc1cccc(-c2nccc3ccccc23)c1.Brc1cccc(-c2nccc3ccccc23)c1.[Ir].[c-]1ncccc1-c1cc2ccccc2s1. The predicted molar refractivity (Wildman–Crippen MR) is 214 cm³/mol. The van der Waals surface area contributed by atoms with Gasteiger partial charge in [-0.3, -0.25) is 9.97 Å². The maximum Gasteiger partial charge on any atom is 0.0780 e. The molecule has 0 aliphatic rings. The summed E-state index contributed by atoms with van der Waals surface area (Å²) < 4.78 is 3.46. The average molecular weight is 971 g/mol. The van der Waals surface area contributed by atoms with E-state index >= 15 is 0 Å². The molecule has 9 rings (SSSR count). The summed E-state index contributed by atoms with van der Waals surface area (Å²) in [4.78, 5) is 14.2. The first-order chi connectivity index (χ1) is 24.1. The van der Waals surface area contributed by atoms with Crippen molar-refractivity contribution >= 4 is 74.8 Å². The Labute approximate surface area is 325 Å². The zero-order chi connectivity index (χ0) is 33.4. The Morgan fingerprint density at radius 3 is 1.54 bits per heavy atom. The van der Waals surface area contributed by atoms with E-state index in [1.807, 2.05) is 85.2 Å². The Bertz CT molecular complexity index is 2340. The van der Waals surface area contributed by atoms with Gasteiger partial charge in [-0.05, 0) is 69.7 Å². The largest absolute Gasteiger partial charge is 0.360 e. The van der Waals surface area contributed by atoms with Crippen LogP contribution < -0.4 is 0 Å². The van der Waals surface area contributed by atoms with E-state index < -0.39 is 0 Å². The summed E-state index contributed by atoms with van der Waals surface area (Å²) in [5.74, 6) is 0. The Morgan fingerprint density at radius 1 is 0.480 bits per heavy atom. The number of hydrogen-bond donors (Lipinski definition) is 0. The van der Waals surface area contributed by atoms with Crippen LogP contribution in [0.1, 0.15) is 0 Å². The fraction of sp³-hybridized carbons (Fsp3) is 0. The van der Waals surface area contributed by atoms with Crippen LogP contribution in [0.3, 0.4) is 0 Å². The molecule has 0 aliphatic heterocycles. The van der Waals surface area contributed by atoms with Crippen molar-refractivity contribution in [3.8, 4) is 33.0 Å². The molecule has 0 unspecified atom stereocenters. The molecule has 0 spiro atoms. The van der Waals surface area contributed by atoms with E-state index in [4.69, 9.17) is 0 Å². The summed E-state index contributed by atoms with van der Waals surface area (Å²) in [7, 11) is 0. The van der Waals surface area contributed by atoms with E-state index in [0.29, 0.717) is 0 Å². The quantitative estimate of drug-likeness (QED) is 0.166. The van der Waals surface area contributed by atoms with Crippen LogP contribution in [0.2, 0.25) is 0 Å². The van der Waals surface area contributed by atoms with Crippen molar-refractivity contribution in [2.75, 3.05) is 0 Å².